The fraction of sp³-hybridized carbons (Fsp3) is 0.300. The summed E-state index contributed by atoms with van der Waals surface area (Å²) >= 11 is 5.54. The lowest BCUT2D eigenvalue weighted by molar-refractivity contribution is -0.173. The summed E-state index contributed by atoms with van der Waals surface area (Å²) in [4.78, 5) is 25.2. The first-order valence-corrected chi connectivity index (χ1v) is 5.19. The van der Waals surface area contributed by atoms with Crippen LogP contribution in [0, 0.1) is 0 Å². The molecule has 0 atom stereocenters. The average Bonchev–Trinajstić information content (AvgIpc) is 2.28. The minimum absolute atomic E-state index is 0.136. The monoisotopic (exact) mass is 278 g/mol. The summed E-state index contributed by atoms with van der Waals surface area (Å²) in [5.74, 6) is -6.61. The van der Waals surface area contributed by atoms with E-state index in [0.29, 0.717) is 0 Å². The largest absolute Gasteiger partial charge is 0.461 e. The molecule has 0 unspecified atom stereocenters. The zero-order chi connectivity index (χ0) is 13.9. The number of nitrogens with zero attached hydrogens (tertiary/aromatic N) is 1. The third-order valence-electron chi connectivity index (χ3n) is 1.95. The minimum Gasteiger partial charge on any atom is -0.461 e. The maximum Gasteiger partial charge on any atom is 0.385 e. The second kappa shape index (κ2) is 5.26. The van der Waals surface area contributed by atoms with Gasteiger partial charge in [-0.15, -0.1) is 0 Å². The van der Waals surface area contributed by atoms with Crippen molar-refractivity contribution in [2.75, 3.05) is 6.61 Å². The number of primary amides is 1. The molecular weight excluding hydrogens is 270 g/mol. The van der Waals surface area contributed by atoms with Gasteiger partial charge in [0.1, 0.15) is 5.69 Å². The Morgan fingerprint density at radius 2 is 2.17 bits per heavy atom. The van der Waals surface area contributed by atoms with Crippen molar-refractivity contribution in [2.45, 2.75) is 12.8 Å². The van der Waals surface area contributed by atoms with Crippen LogP contribution in [0.1, 0.15) is 23.0 Å². The second-order valence-corrected chi connectivity index (χ2v) is 3.62. The summed E-state index contributed by atoms with van der Waals surface area (Å²) in [5, 5.41) is -0.538. The number of carbonyl (C=O) groups is 2. The SMILES string of the molecule is CCOC(=O)C(F)(F)c1ncc(C(N)=O)cc1Cl. The van der Waals surface area contributed by atoms with Crippen LogP contribution in [0.25, 0.3) is 0 Å². The molecule has 1 aromatic rings. The molecule has 0 saturated heterocycles. The van der Waals surface area contributed by atoms with Crippen LogP contribution in [0.5, 0.6) is 0 Å². The molecule has 8 heteroatoms. The molecular formula is C10H9ClF2N2O3. The quantitative estimate of drug-likeness (QED) is 0.846. The Bertz CT molecular complexity index is 494. The molecule has 0 spiro atoms. The maximum absolute atomic E-state index is 13.6. The number of hydrogen-bond acceptors (Lipinski definition) is 4. The summed E-state index contributed by atoms with van der Waals surface area (Å²) in [6, 6.07) is 0.916. The Morgan fingerprint density at radius 1 is 1.56 bits per heavy atom. The van der Waals surface area contributed by atoms with Gasteiger partial charge in [-0.05, 0) is 13.0 Å². The molecule has 0 aromatic carbocycles. The lowest BCUT2D eigenvalue weighted by atomic mass is 10.1. The molecule has 5 nitrogen and oxygen atoms in total. The van der Waals surface area contributed by atoms with Crippen molar-refractivity contribution >= 4 is 23.5 Å². The first-order chi connectivity index (χ1) is 8.30. The van der Waals surface area contributed by atoms with Crippen molar-refractivity contribution in [1.29, 1.82) is 0 Å². The number of hydrogen-bond donors (Lipinski definition) is 1. The van der Waals surface area contributed by atoms with Gasteiger partial charge in [-0.3, -0.25) is 9.78 Å². The molecule has 1 rings (SSSR count). The van der Waals surface area contributed by atoms with Crippen molar-refractivity contribution in [3.05, 3.63) is 28.5 Å². The first kappa shape index (κ1) is 14.3. The number of pyridine rings is 1. The molecule has 0 saturated carbocycles. The maximum atomic E-state index is 13.6. The lowest BCUT2D eigenvalue weighted by Gasteiger charge is -2.15. The summed E-state index contributed by atoms with van der Waals surface area (Å²) in [6.45, 7) is 1.19. The zero-order valence-electron chi connectivity index (χ0n) is 9.25. The van der Waals surface area contributed by atoms with Gasteiger partial charge in [0.25, 0.3) is 0 Å². The van der Waals surface area contributed by atoms with Gasteiger partial charge in [-0.2, -0.15) is 8.78 Å². The molecule has 0 aliphatic carbocycles. The highest BCUT2D eigenvalue weighted by molar-refractivity contribution is 6.31. The number of aromatic nitrogens is 1. The highest BCUT2D eigenvalue weighted by atomic mass is 35.5. The van der Waals surface area contributed by atoms with Crippen LogP contribution in [0.4, 0.5) is 8.78 Å². The number of esters is 1. The second-order valence-electron chi connectivity index (χ2n) is 3.21. The van der Waals surface area contributed by atoms with E-state index in [0.717, 1.165) is 12.3 Å². The predicted octanol–water partition coefficient (Wildman–Crippen LogP) is 1.49. The van der Waals surface area contributed by atoms with E-state index in [1.807, 2.05) is 0 Å². The fourth-order valence-corrected chi connectivity index (χ4v) is 1.41. The molecule has 1 amide bonds. The van der Waals surface area contributed by atoms with E-state index in [2.05, 4.69) is 9.72 Å². The van der Waals surface area contributed by atoms with Crippen molar-refractivity contribution < 1.29 is 23.1 Å². The standard InChI is InChI=1S/C10H9ClF2N2O3/c1-2-18-9(17)10(12,13)7-6(11)3-5(4-15-7)8(14)16/h3-4H,2H2,1H3,(H2,14,16). The van der Waals surface area contributed by atoms with Gasteiger partial charge < -0.3 is 10.5 Å². The zero-order valence-corrected chi connectivity index (χ0v) is 10.0. The predicted molar refractivity (Wildman–Crippen MR) is 58.3 cm³/mol. The summed E-state index contributed by atoms with van der Waals surface area (Å²) in [5.41, 5.74) is 3.82. The Kier molecular flexibility index (Phi) is 4.18. The molecule has 1 aromatic heterocycles. The van der Waals surface area contributed by atoms with Gasteiger partial charge in [-0.1, -0.05) is 11.6 Å². The van der Waals surface area contributed by atoms with E-state index in [1.165, 1.54) is 6.92 Å². The number of halogens is 3. The number of rotatable bonds is 4. The van der Waals surface area contributed by atoms with Crippen LogP contribution >= 0.6 is 11.6 Å². The molecule has 1 heterocycles. The molecule has 0 radical (unpaired) electrons. The molecule has 18 heavy (non-hydrogen) atoms. The first-order valence-electron chi connectivity index (χ1n) is 4.81. The van der Waals surface area contributed by atoms with Crippen LogP contribution in [0.3, 0.4) is 0 Å². The molecule has 0 fully saturated rings. The van der Waals surface area contributed by atoms with E-state index in [4.69, 9.17) is 17.3 Å². The summed E-state index contributed by atoms with van der Waals surface area (Å²) < 4.78 is 31.4. The Morgan fingerprint density at radius 3 is 2.61 bits per heavy atom. The van der Waals surface area contributed by atoms with E-state index in [1.54, 1.807) is 0 Å². The van der Waals surface area contributed by atoms with Crippen molar-refractivity contribution in [3.8, 4) is 0 Å². The number of alkyl halides is 2. The lowest BCUT2D eigenvalue weighted by Crippen LogP contribution is -2.30. The van der Waals surface area contributed by atoms with Crippen molar-refractivity contribution in [2.24, 2.45) is 5.73 Å². The molecule has 2 N–H and O–H groups in total. The van der Waals surface area contributed by atoms with Crippen molar-refractivity contribution in [1.82, 2.24) is 4.98 Å². The number of carbonyl (C=O) groups excluding carboxylic acids is 2. The molecule has 98 valence electrons. The summed E-state index contributed by atoms with van der Waals surface area (Å²) in [6.07, 6.45) is 0.816. The van der Waals surface area contributed by atoms with Crippen LogP contribution < -0.4 is 5.73 Å². The Labute approximate surface area is 106 Å². The van der Waals surface area contributed by atoms with E-state index < -0.39 is 28.5 Å². The van der Waals surface area contributed by atoms with Crippen molar-refractivity contribution in [3.63, 3.8) is 0 Å². The summed E-state index contributed by atoms with van der Waals surface area (Å²) in [7, 11) is 0. The molecule has 0 aliphatic heterocycles. The van der Waals surface area contributed by atoms with E-state index >= 15 is 0 Å². The highest BCUT2D eigenvalue weighted by Gasteiger charge is 2.46. The van der Waals surface area contributed by atoms with Crippen LogP contribution in [0.15, 0.2) is 12.3 Å². The van der Waals surface area contributed by atoms with Gasteiger partial charge in [0, 0.05) is 6.20 Å². The van der Waals surface area contributed by atoms with Gasteiger partial charge in [0.2, 0.25) is 5.91 Å². The van der Waals surface area contributed by atoms with Gasteiger partial charge >= 0.3 is 11.9 Å². The number of ether oxygens (including phenoxy) is 1. The average molecular weight is 279 g/mol. The smallest absolute Gasteiger partial charge is 0.385 e. The van der Waals surface area contributed by atoms with Gasteiger partial charge in [0.15, 0.2) is 0 Å². The van der Waals surface area contributed by atoms with Crippen LogP contribution in [0.2, 0.25) is 5.02 Å². The Hall–Kier alpha value is -1.76. The third-order valence-corrected chi connectivity index (χ3v) is 2.24. The Balaban J connectivity index is 3.17. The van der Waals surface area contributed by atoms with Crippen LogP contribution in [-0.4, -0.2) is 23.5 Å². The van der Waals surface area contributed by atoms with Gasteiger partial charge in [0.05, 0.1) is 17.2 Å². The highest BCUT2D eigenvalue weighted by Crippen LogP contribution is 2.33. The number of amides is 1. The van der Waals surface area contributed by atoms with E-state index in [9.17, 15) is 18.4 Å². The minimum atomic E-state index is -3.98. The third kappa shape index (κ3) is 2.73. The molecule has 0 aliphatic rings. The van der Waals surface area contributed by atoms with Crippen LogP contribution in [-0.2, 0) is 15.5 Å². The van der Waals surface area contributed by atoms with E-state index in [-0.39, 0.29) is 12.2 Å². The number of nitrogens with two attached hydrogens (primary N) is 1. The molecule has 0 bridgehead atoms. The normalized spacial score (nSPS) is 11.1. The fourth-order valence-electron chi connectivity index (χ4n) is 1.12. The van der Waals surface area contributed by atoms with Gasteiger partial charge in [-0.25, -0.2) is 4.79 Å². The topological polar surface area (TPSA) is 82.3 Å².